The predicted molar refractivity (Wildman–Crippen MR) is 94.1 cm³/mol. The molecule has 1 heterocycles. The Balaban J connectivity index is 2.08. The lowest BCUT2D eigenvalue weighted by Gasteiger charge is -2.09. The molecule has 0 unspecified atom stereocenters. The number of ketones is 1. The first-order valence-corrected chi connectivity index (χ1v) is 7.73. The van der Waals surface area contributed by atoms with Gasteiger partial charge in [0.2, 0.25) is 0 Å². The van der Waals surface area contributed by atoms with Crippen LogP contribution >= 0.6 is 0 Å². The first-order chi connectivity index (χ1) is 12.6. The summed E-state index contributed by atoms with van der Waals surface area (Å²) in [5.41, 5.74) is 0.654. The van der Waals surface area contributed by atoms with Gasteiger partial charge in [0.1, 0.15) is 17.6 Å². The van der Waals surface area contributed by atoms with Crippen LogP contribution in [0.3, 0.4) is 0 Å². The standard InChI is InChI=1S/C20H16O6/c1-24-15-9-8-13(10-16(15)25-2)18(21)14-11-26-19(17(14)20(22)23)12-6-4-3-5-7-12/h3-11H,1-2H3,(H,22,23). The molecule has 1 N–H and O–H groups in total. The number of carbonyl (C=O) groups excluding carboxylic acids is 1. The van der Waals surface area contributed by atoms with Crippen molar-refractivity contribution in [2.45, 2.75) is 0 Å². The topological polar surface area (TPSA) is 86.0 Å². The molecule has 0 aliphatic rings. The van der Waals surface area contributed by atoms with Gasteiger partial charge in [0, 0.05) is 11.1 Å². The molecule has 2 aromatic carbocycles. The van der Waals surface area contributed by atoms with Gasteiger partial charge in [0.05, 0.1) is 19.8 Å². The lowest BCUT2D eigenvalue weighted by atomic mass is 9.98. The number of rotatable bonds is 6. The van der Waals surface area contributed by atoms with Crippen LogP contribution < -0.4 is 9.47 Å². The summed E-state index contributed by atoms with van der Waals surface area (Å²) < 4.78 is 15.8. The fraction of sp³-hybridized carbons (Fsp3) is 0.100. The smallest absolute Gasteiger partial charge is 0.340 e. The van der Waals surface area contributed by atoms with Gasteiger partial charge in [-0.25, -0.2) is 4.79 Å². The van der Waals surface area contributed by atoms with Gasteiger partial charge in [-0.1, -0.05) is 30.3 Å². The van der Waals surface area contributed by atoms with E-state index in [0.29, 0.717) is 17.1 Å². The van der Waals surface area contributed by atoms with E-state index in [0.717, 1.165) is 0 Å². The maximum absolute atomic E-state index is 12.9. The molecule has 26 heavy (non-hydrogen) atoms. The zero-order valence-electron chi connectivity index (χ0n) is 14.2. The molecule has 132 valence electrons. The van der Waals surface area contributed by atoms with E-state index in [-0.39, 0.29) is 22.5 Å². The van der Waals surface area contributed by atoms with Crippen LogP contribution in [0.15, 0.2) is 59.2 Å². The summed E-state index contributed by atoms with van der Waals surface area (Å²) in [6.45, 7) is 0. The van der Waals surface area contributed by atoms with Crippen LogP contribution in [-0.2, 0) is 0 Å². The van der Waals surface area contributed by atoms with Crippen LogP contribution in [0.1, 0.15) is 26.3 Å². The molecule has 1 aromatic heterocycles. The second-order valence-corrected chi connectivity index (χ2v) is 5.42. The summed E-state index contributed by atoms with van der Waals surface area (Å²) >= 11 is 0. The van der Waals surface area contributed by atoms with E-state index < -0.39 is 11.8 Å². The van der Waals surface area contributed by atoms with Crippen LogP contribution in [0.4, 0.5) is 0 Å². The Morgan fingerprint density at radius 1 is 0.962 bits per heavy atom. The van der Waals surface area contributed by atoms with E-state index in [9.17, 15) is 14.7 Å². The second kappa shape index (κ2) is 7.14. The normalized spacial score (nSPS) is 10.4. The minimum Gasteiger partial charge on any atom is -0.493 e. The number of carboxylic acids is 1. The Morgan fingerprint density at radius 3 is 2.27 bits per heavy atom. The first-order valence-electron chi connectivity index (χ1n) is 7.73. The van der Waals surface area contributed by atoms with Crippen molar-refractivity contribution in [2.75, 3.05) is 14.2 Å². The molecule has 0 aliphatic carbocycles. The second-order valence-electron chi connectivity index (χ2n) is 5.42. The molecule has 6 nitrogen and oxygen atoms in total. The van der Waals surface area contributed by atoms with Crippen LogP contribution in [0, 0.1) is 0 Å². The third-order valence-corrected chi connectivity index (χ3v) is 3.93. The van der Waals surface area contributed by atoms with Crippen molar-refractivity contribution < 1.29 is 28.6 Å². The van der Waals surface area contributed by atoms with Crippen molar-refractivity contribution >= 4 is 11.8 Å². The zero-order valence-corrected chi connectivity index (χ0v) is 14.2. The van der Waals surface area contributed by atoms with Crippen LogP contribution in [0.2, 0.25) is 0 Å². The number of carbonyl (C=O) groups is 2. The quantitative estimate of drug-likeness (QED) is 0.677. The van der Waals surface area contributed by atoms with E-state index in [1.807, 2.05) is 6.07 Å². The third-order valence-electron chi connectivity index (χ3n) is 3.93. The van der Waals surface area contributed by atoms with E-state index in [1.165, 1.54) is 26.5 Å². The molecular weight excluding hydrogens is 336 g/mol. The van der Waals surface area contributed by atoms with Gasteiger partial charge in [-0.05, 0) is 18.2 Å². The summed E-state index contributed by atoms with van der Waals surface area (Å²) in [7, 11) is 2.95. The van der Waals surface area contributed by atoms with Crippen LogP contribution in [-0.4, -0.2) is 31.1 Å². The van der Waals surface area contributed by atoms with Crippen molar-refractivity contribution in [3.63, 3.8) is 0 Å². The Labute approximate surface area is 149 Å². The summed E-state index contributed by atoms with van der Waals surface area (Å²) in [5.74, 6) is -0.723. The Bertz CT molecular complexity index is 956. The molecule has 3 rings (SSSR count). The van der Waals surface area contributed by atoms with Gasteiger partial charge in [0.25, 0.3) is 0 Å². The van der Waals surface area contributed by atoms with Crippen molar-refractivity contribution in [3.8, 4) is 22.8 Å². The highest BCUT2D eigenvalue weighted by atomic mass is 16.5. The largest absolute Gasteiger partial charge is 0.493 e. The van der Waals surface area contributed by atoms with Crippen molar-refractivity contribution in [1.29, 1.82) is 0 Å². The number of furan rings is 1. The Hall–Kier alpha value is -3.54. The van der Waals surface area contributed by atoms with E-state index >= 15 is 0 Å². The molecule has 0 spiro atoms. The van der Waals surface area contributed by atoms with Gasteiger partial charge in [0.15, 0.2) is 17.3 Å². The molecule has 0 amide bonds. The van der Waals surface area contributed by atoms with Gasteiger partial charge in [-0.15, -0.1) is 0 Å². The number of hydrogen-bond donors (Lipinski definition) is 1. The molecular formula is C20H16O6. The Kier molecular flexibility index (Phi) is 4.75. The Morgan fingerprint density at radius 2 is 1.65 bits per heavy atom. The minimum absolute atomic E-state index is 0.0245. The molecule has 0 atom stereocenters. The highest BCUT2D eigenvalue weighted by molar-refractivity contribution is 6.16. The number of methoxy groups -OCH3 is 2. The predicted octanol–water partition coefficient (Wildman–Crippen LogP) is 3.89. The van der Waals surface area contributed by atoms with Gasteiger partial charge in [-0.3, -0.25) is 4.79 Å². The molecule has 3 aromatic rings. The van der Waals surface area contributed by atoms with Crippen molar-refractivity contribution in [3.05, 3.63) is 71.5 Å². The van der Waals surface area contributed by atoms with E-state index in [1.54, 1.807) is 36.4 Å². The van der Waals surface area contributed by atoms with E-state index in [2.05, 4.69) is 0 Å². The number of benzene rings is 2. The third kappa shape index (κ3) is 3.04. The minimum atomic E-state index is -1.23. The van der Waals surface area contributed by atoms with Crippen LogP contribution in [0.5, 0.6) is 11.5 Å². The molecule has 0 aliphatic heterocycles. The molecule has 6 heteroatoms. The van der Waals surface area contributed by atoms with Gasteiger partial charge >= 0.3 is 5.97 Å². The average molecular weight is 352 g/mol. The number of hydrogen-bond acceptors (Lipinski definition) is 5. The maximum Gasteiger partial charge on any atom is 0.340 e. The molecule has 0 fully saturated rings. The average Bonchev–Trinajstić information content (AvgIpc) is 3.13. The van der Waals surface area contributed by atoms with Crippen molar-refractivity contribution in [1.82, 2.24) is 0 Å². The molecule has 0 saturated heterocycles. The lowest BCUT2D eigenvalue weighted by Crippen LogP contribution is -2.08. The fourth-order valence-corrected chi connectivity index (χ4v) is 2.67. The first kappa shape index (κ1) is 17.3. The van der Waals surface area contributed by atoms with Crippen molar-refractivity contribution in [2.24, 2.45) is 0 Å². The number of aromatic carboxylic acids is 1. The van der Waals surface area contributed by atoms with Gasteiger partial charge in [-0.2, -0.15) is 0 Å². The number of ether oxygens (including phenoxy) is 2. The monoisotopic (exact) mass is 352 g/mol. The fourth-order valence-electron chi connectivity index (χ4n) is 2.67. The van der Waals surface area contributed by atoms with E-state index in [4.69, 9.17) is 13.9 Å². The summed E-state index contributed by atoms with van der Waals surface area (Å²) in [4.78, 5) is 24.6. The highest BCUT2D eigenvalue weighted by Gasteiger charge is 2.27. The van der Waals surface area contributed by atoms with Crippen LogP contribution in [0.25, 0.3) is 11.3 Å². The number of carboxylic acid groups (broad SMARTS) is 1. The summed E-state index contributed by atoms with van der Waals surface area (Å²) in [6.07, 6.45) is 1.17. The summed E-state index contributed by atoms with van der Waals surface area (Å²) in [6, 6.07) is 13.4. The lowest BCUT2D eigenvalue weighted by molar-refractivity contribution is 0.0693. The molecule has 0 bridgehead atoms. The SMILES string of the molecule is COc1ccc(C(=O)c2coc(-c3ccccc3)c2C(=O)O)cc1OC. The zero-order chi connectivity index (χ0) is 18.7. The molecule has 0 saturated carbocycles. The summed E-state index contributed by atoms with van der Waals surface area (Å²) in [5, 5.41) is 9.62. The highest BCUT2D eigenvalue weighted by Crippen LogP contribution is 2.32. The maximum atomic E-state index is 12.9. The van der Waals surface area contributed by atoms with Gasteiger partial charge < -0.3 is 19.0 Å². The molecule has 0 radical (unpaired) electrons.